The Bertz CT molecular complexity index is 542. The van der Waals surface area contributed by atoms with Crippen LogP contribution >= 0.6 is 0 Å². The molecule has 0 bridgehead atoms. The Morgan fingerprint density at radius 2 is 2.00 bits per heavy atom. The first-order valence-corrected chi connectivity index (χ1v) is 7.59. The zero-order chi connectivity index (χ0) is 15.6. The molecule has 1 aliphatic carbocycles. The molecule has 0 aromatic carbocycles. The number of alkyl halides is 3. The topological polar surface area (TPSA) is 33.6 Å². The summed E-state index contributed by atoms with van der Waals surface area (Å²) in [7, 11) is 0. The molecular weight excluding hydrogens is 293 g/mol. The van der Waals surface area contributed by atoms with E-state index in [1.54, 1.807) is 0 Å². The number of ether oxygens (including phenoxy) is 1. The van der Waals surface area contributed by atoms with Gasteiger partial charge in [0.25, 0.3) is 0 Å². The van der Waals surface area contributed by atoms with Gasteiger partial charge < -0.3 is 10.1 Å². The molecule has 120 valence electrons. The number of hydrogen-bond donors (Lipinski definition) is 1. The van der Waals surface area contributed by atoms with Gasteiger partial charge in [0.1, 0.15) is 6.10 Å². The van der Waals surface area contributed by atoms with Gasteiger partial charge in [0.05, 0.1) is 5.57 Å². The highest BCUT2D eigenvalue weighted by molar-refractivity contribution is 5.78. The molecule has 1 saturated carbocycles. The summed E-state index contributed by atoms with van der Waals surface area (Å²) in [4.78, 5) is 3.89. The SMILES string of the molecule is FC(F)(F)/C1=C/N=C(/OC2CCC3(CC2)CNC3)CC=C=C1. The zero-order valence-corrected chi connectivity index (χ0v) is 12.2. The van der Waals surface area contributed by atoms with Crippen molar-refractivity contribution in [3.05, 3.63) is 29.7 Å². The minimum Gasteiger partial charge on any atom is -0.477 e. The summed E-state index contributed by atoms with van der Waals surface area (Å²) in [5, 5.41) is 3.31. The standard InChI is InChI=1S/C16H19F3N2O/c17-16(18,19)12-3-1-2-4-14(21-9-12)22-13-5-7-15(8-6-13)10-20-11-15/h2-3,9,13,20H,4-8,10-11H2/b12-9+,21-14+. The summed E-state index contributed by atoms with van der Waals surface area (Å²) >= 11 is 0. The summed E-state index contributed by atoms with van der Waals surface area (Å²) in [5.74, 6) is 0.343. The van der Waals surface area contributed by atoms with Crippen molar-refractivity contribution >= 4 is 5.90 Å². The maximum atomic E-state index is 12.7. The van der Waals surface area contributed by atoms with E-state index in [1.807, 2.05) is 0 Å². The highest BCUT2D eigenvalue weighted by Crippen LogP contribution is 2.40. The third-order valence-corrected chi connectivity index (χ3v) is 4.60. The number of aliphatic imine (C=N–C) groups is 1. The summed E-state index contributed by atoms with van der Waals surface area (Å²) in [6.45, 7) is 2.15. The summed E-state index contributed by atoms with van der Waals surface area (Å²) in [6, 6.07) is 0. The predicted molar refractivity (Wildman–Crippen MR) is 77.5 cm³/mol. The molecule has 0 aromatic rings. The van der Waals surface area contributed by atoms with E-state index in [-0.39, 0.29) is 6.10 Å². The molecular formula is C16H19F3N2O. The number of hydrogen-bond acceptors (Lipinski definition) is 3. The second-order valence-electron chi connectivity index (χ2n) is 6.25. The van der Waals surface area contributed by atoms with E-state index in [0.29, 0.717) is 17.7 Å². The molecule has 3 rings (SSSR count). The Morgan fingerprint density at radius 1 is 1.27 bits per heavy atom. The average molecular weight is 312 g/mol. The number of halogens is 3. The van der Waals surface area contributed by atoms with Crippen LogP contribution < -0.4 is 5.32 Å². The molecule has 1 spiro atoms. The molecule has 0 atom stereocenters. The Labute approximate surface area is 127 Å². The molecule has 0 aromatic heterocycles. The minimum atomic E-state index is -4.42. The second kappa shape index (κ2) is 5.94. The van der Waals surface area contributed by atoms with Crippen LogP contribution in [0.1, 0.15) is 32.1 Å². The van der Waals surface area contributed by atoms with Gasteiger partial charge in [0.2, 0.25) is 0 Å². The Kier molecular flexibility index (Phi) is 4.15. The first-order valence-electron chi connectivity index (χ1n) is 7.59. The first-order chi connectivity index (χ1) is 10.5. The van der Waals surface area contributed by atoms with Crippen molar-refractivity contribution in [2.75, 3.05) is 13.1 Å². The zero-order valence-electron chi connectivity index (χ0n) is 12.2. The Morgan fingerprint density at radius 3 is 2.59 bits per heavy atom. The van der Waals surface area contributed by atoms with Crippen LogP contribution in [0.25, 0.3) is 0 Å². The summed E-state index contributed by atoms with van der Waals surface area (Å²) < 4.78 is 43.9. The molecule has 2 fully saturated rings. The fourth-order valence-electron chi connectivity index (χ4n) is 3.11. The highest BCUT2D eigenvalue weighted by atomic mass is 19.4. The van der Waals surface area contributed by atoms with E-state index in [2.05, 4.69) is 16.0 Å². The lowest BCUT2D eigenvalue weighted by Crippen LogP contribution is -2.55. The largest absolute Gasteiger partial charge is 0.477 e. The third kappa shape index (κ3) is 3.45. The molecule has 0 amide bonds. The van der Waals surface area contributed by atoms with Crippen molar-refractivity contribution in [1.29, 1.82) is 0 Å². The van der Waals surface area contributed by atoms with Crippen molar-refractivity contribution in [2.45, 2.75) is 44.4 Å². The first kappa shape index (κ1) is 15.4. The normalized spacial score (nSPS) is 29.8. The third-order valence-electron chi connectivity index (χ3n) is 4.60. The van der Waals surface area contributed by atoms with Crippen molar-refractivity contribution in [3.63, 3.8) is 0 Å². The molecule has 2 aliphatic heterocycles. The minimum absolute atomic E-state index is 0.0597. The lowest BCUT2D eigenvalue weighted by atomic mass is 9.69. The van der Waals surface area contributed by atoms with Crippen LogP contribution in [0, 0.1) is 5.41 Å². The fraction of sp³-hybridized carbons (Fsp3) is 0.625. The number of nitrogens with one attached hydrogen (secondary N) is 1. The quantitative estimate of drug-likeness (QED) is 0.752. The van der Waals surface area contributed by atoms with E-state index in [4.69, 9.17) is 4.74 Å². The van der Waals surface area contributed by atoms with Gasteiger partial charge in [0.15, 0.2) is 5.90 Å². The smallest absolute Gasteiger partial charge is 0.418 e. The van der Waals surface area contributed by atoms with Gasteiger partial charge in [-0.1, -0.05) is 0 Å². The highest BCUT2D eigenvalue weighted by Gasteiger charge is 2.40. The average Bonchev–Trinajstić information content (AvgIpc) is 2.39. The van der Waals surface area contributed by atoms with Gasteiger partial charge >= 0.3 is 6.18 Å². The van der Waals surface area contributed by atoms with Gasteiger partial charge in [-0.25, -0.2) is 4.99 Å². The molecule has 3 nitrogen and oxygen atoms in total. The number of rotatable bonds is 1. The Balaban J connectivity index is 1.61. The molecule has 0 unspecified atom stereocenters. The van der Waals surface area contributed by atoms with Gasteiger partial charge in [-0.15, -0.1) is 5.73 Å². The van der Waals surface area contributed by atoms with Crippen LogP contribution in [-0.4, -0.2) is 31.3 Å². The monoisotopic (exact) mass is 312 g/mol. The molecule has 0 radical (unpaired) electrons. The fourth-order valence-corrected chi connectivity index (χ4v) is 3.11. The van der Waals surface area contributed by atoms with Crippen LogP contribution in [0.4, 0.5) is 13.2 Å². The van der Waals surface area contributed by atoms with Gasteiger partial charge in [0, 0.05) is 25.7 Å². The van der Waals surface area contributed by atoms with Crippen LogP contribution in [-0.2, 0) is 4.74 Å². The van der Waals surface area contributed by atoms with Crippen LogP contribution in [0.15, 0.2) is 34.6 Å². The molecule has 22 heavy (non-hydrogen) atoms. The van der Waals surface area contributed by atoms with Crippen LogP contribution in [0.5, 0.6) is 0 Å². The van der Waals surface area contributed by atoms with Crippen molar-refractivity contribution in [2.24, 2.45) is 10.4 Å². The lowest BCUT2D eigenvalue weighted by Gasteiger charge is -2.47. The van der Waals surface area contributed by atoms with Gasteiger partial charge in [-0.05, 0) is 43.3 Å². The maximum absolute atomic E-state index is 12.7. The molecule has 2 heterocycles. The predicted octanol–water partition coefficient (Wildman–Crippen LogP) is 3.49. The van der Waals surface area contributed by atoms with Crippen molar-refractivity contribution in [1.82, 2.24) is 5.32 Å². The molecule has 1 N–H and O–H groups in total. The van der Waals surface area contributed by atoms with Crippen molar-refractivity contribution in [3.8, 4) is 0 Å². The van der Waals surface area contributed by atoms with E-state index in [0.717, 1.165) is 51.0 Å². The lowest BCUT2D eigenvalue weighted by molar-refractivity contribution is -0.0883. The van der Waals surface area contributed by atoms with E-state index in [1.165, 1.54) is 6.08 Å². The summed E-state index contributed by atoms with van der Waals surface area (Å²) in [5.41, 5.74) is 2.16. The number of allylic oxidation sites excluding steroid dienone is 1. The van der Waals surface area contributed by atoms with E-state index in [9.17, 15) is 13.2 Å². The van der Waals surface area contributed by atoms with Crippen molar-refractivity contribution < 1.29 is 17.9 Å². The second-order valence-corrected chi connectivity index (χ2v) is 6.25. The molecule has 3 aliphatic rings. The van der Waals surface area contributed by atoms with E-state index >= 15 is 0 Å². The van der Waals surface area contributed by atoms with E-state index < -0.39 is 11.7 Å². The molecule has 6 heteroatoms. The summed E-state index contributed by atoms with van der Waals surface area (Å²) in [6.07, 6.45) is 3.38. The number of nitrogens with zero attached hydrogens (tertiary/aromatic N) is 1. The van der Waals surface area contributed by atoms with Crippen LogP contribution in [0.2, 0.25) is 0 Å². The van der Waals surface area contributed by atoms with Crippen LogP contribution in [0.3, 0.4) is 0 Å². The molecule has 1 saturated heterocycles. The Hall–Kier alpha value is -1.52. The maximum Gasteiger partial charge on any atom is 0.418 e. The van der Waals surface area contributed by atoms with Gasteiger partial charge in [-0.2, -0.15) is 13.2 Å². The van der Waals surface area contributed by atoms with Gasteiger partial charge in [-0.3, -0.25) is 0 Å².